The number of hydrogen-bond acceptors (Lipinski definition) is 3. The quantitative estimate of drug-likeness (QED) is 0.691. The molecule has 0 aromatic carbocycles. The third kappa shape index (κ3) is 1.85. The second-order valence-corrected chi connectivity index (χ2v) is 4.79. The van der Waals surface area contributed by atoms with E-state index in [1.807, 2.05) is 0 Å². The molecular weight excluding hydrogens is 285 g/mol. The van der Waals surface area contributed by atoms with Gasteiger partial charge in [-0.25, -0.2) is 26.1 Å². The summed E-state index contributed by atoms with van der Waals surface area (Å²) in [6, 6.07) is 0. The third-order valence-corrected chi connectivity index (χ3v) is 3.22. The molecule has 18 heavy (non-hydrogen) atoms. The van der Waals surface area contributed by atoms with Gasteiger partial charge in [0.2, 0.25) is 5.67 Å². The smallest absolute Gasteiger partial charge is 0.246 e. The summed E-state index contributed by atoms with van der Waals surface area (Å²) in [4.78, 5) is 0. The standard InChI is InChI=1S/C8H4F5NO3S/c9-3-1-8(13,7(12)6(11)5(3)10)4-2-17-18(15,16)14-4/h1,7H,2H2. The van der Waals surface area contributed by atoms with Gasteiger partial charge in [0.25, 0.3) is 0 Å². The highest BCUT2D eigenvalue weighted by Gasteiger charge is 2.53. The first-order chi connectivity index (χ1) is 8.17. The molecule has 10 heteroatoms. The summed E-state index contributed by atoms with van der Waals surface area (Å²) in [6.45, 7) is -1.00. The zero-order valence-electron chi connectivity index (χ0n) is 8.33. The Morgan fingerprint density at radius 2 is 2.00 bits per heavy atom. The van der Waals surface area contributed by atoms with Crippen LogP contribution in [0.2, 0.25) is 0 Å². The minimum atomic E-state index is -4.46. The Labute approximate surface area is 97.7 Å². The molecule has 0 aromatic heterocycles. The topological polar surface area (TPSA) is 55.7 Å². The fraction of sp³-hybridized carbons (Fsp3) is 0.375. The number of alkyl halides is 2. The molecule has 0 bridgehead atoms. The molecule has 0 saturated heterocycles. The van der Waals surface area contributed by atoms with Crippen molar-refractivity contribution in [3.63, 3.8) is 0 Å². The van der Waals surface area contributed by atoms with Gasteiger partial charge in [0, 0.05) is 6.08 Å². The fourth-order valence-electron chi connectivity index (χ4n) is 1.46. The molecule has 0 N–H and O–H groups in total. The molecule has 4 nitrogen and oxygen atoms in total. The first kappa shape index (κ1) is 13.1. The maximum Gasteiger partial charge on any atom is 0.381 e. The van der Waals surface area contributed by atoms with Crippen LogP contribution >= 0.6 is 0 Å². The van der Waals surface area contributed by atoms with E-state index >= 15 is 0 Å². The monoisotopic (exact) mass is 289 g/mol. The van der Waals surface area contributed by atoms with Gasteiger partial charge in [-0.3, -0.25) is 0 Å². The van der Waals surface area contributed by atoms with Crippen molar-refractivity contribution in [1.82, 2.24) is 0 Å². The molecule has 1 aliphatic carbocycles. The van der Waals surface area contributed by atoms with Gasteiger partial charge in [0.15, 0.2) is 23.7 Å². The highest BCUT2D eigenvalue weighted by Crippen LogP contribution is 2.40. The average Bonchev–Trinajstić information content (AvgIpc) is 2.65. The molecular formula is C8H4F5NO3S. The summed E-state index contributed by atoms with van der Waals surface area (Å²) in [6.07, 6.45) is -3.44. The number of hydrogen-bond donors (Lipinski definition) is 0. The van der Waals surface area contributed by atoms with Crippen molar-refractivity contribution in [2.24, 2.45) is 4.40 Å². The van der Waals surface area contributed by atoms with Crippen molar-refractivity contribution < 1.29 is 34.6 Å². The summed E-state index contributed by atoms with van der Waals surface area (Å²) in [5, 5.41) is 0. The predicted octanol–water partition coefficient (Wildman–Crippen LogP) is 1.77. The number of halogens is 5. The van der Waals surface area contributed by atoms with Crippen LogP contribution in [-0.2, 0) is 14.5 Å². The Kier molecular flexibility index (Phi) is 2.81. The van der Waals surface area contributed by atoms with Crippen molar-refractivity contribution in [2.45, 2.75) is 11.8 Å². The highest BCUT2D eigenvalue weighted by atomic mass is 32.2. The molecule has 0 fully saturated rings. The Morgan fingerprint density at radius 1 is 1.39 bits per heavy atom. The second kappa shape index (κ2) is 3.85. The van der Waals surface area contributed by atoms with E-state index in [0.29, 0.717) is 0 Å². The SMILES string of the molecule is O=S1(=O)N=C(C2(F)C=C(F)C(F)=C(F)C2F)CO1. The molecule has 0 radical (unpaired) electrons. The largest absolute Gasteiger partial charge is 0.381 e. The van der Waals surface area contributed by atoms with Crippen LogP contribution in [-0.4, -0.2) is 32.6 Å². The van der Waals surface area contributed by atoms with E-state index in [9.17, 15) is 30.4 Å². The first-order valence-electron chi connectivity index (χ1n) is 4.43. The fourth-order valence-corrected chi connectivity index (χ4v) is 2.23. The van der Waals surface area contributed by atoms with Crippen LogP contribution in [0.4, 0.5) is 22.0 Å². The van der Waals surface area contributed by atoms with Crippen LogP contribution in [0.25, 0.3) is 0 Å². The van der Waals surface area contributed by atoms with Crippen molar-refractivity contribution in [3.8, 4) is 0 Å². The lowest BCUT2D eigenvalue weighted by molar-refractivity contribution is 0.145. The van der Waals surface area contributed by atoms with Gasteiger partial charge in [-0.15, -0.1) is 4.40 Å². The summed E-state index contributed by atoms with van der Waals surface area (Å²) >= 11 is 0. The molecule has 2 atom stereocenters. The van der Waals surface area contributed by atoms with Crippen LogP contribution in [0.3, 0.4) is 0 Å². The first-order valence-corrected chi connectivity index (χ1v) is 5.79. The minimum absolute atomic E-state index is 0.209. The Balaban J connectivity index is 2.52. The highest BCUT2D eigenvalue weighted by molar-refractivity contribution is 7.85. The Bertz CT molecular complexity index is 596. The van der Waals surface area contributed by atoms with Gasteiger partial charge in [0.1, 0.15) is 12.3 Å². The van der Waals surface area contributed by atoms with E-state index in [4.69, 9.17) is 0 Å². The van der Waals surface area contributed by atoms with Gasteiger partial charge in [-0.1, -0.05) is 0 Å². The van der Waals surface area contributed by atoms with Gasteiger partial charge >= 0.3 is 10.3 Å². The lowest BCUT2D eigenvalue weighted by Crippen LogP contribution is -2.45. The minimum Gasteiger partial charge on any atom is -0.246 e. The zero-order chi connectivity index (χ0) is 13.7. The maximum absolute atomic E-state index is 14.1. The lowest BCUT2D eigenvalue weighted by atomic mass is 9.89. The van der Waals surface area contributed by atoms with Gasteiger partial charge in [-0.05, 0) is 0 Å². The normalized spacial score (nSPS) is 35.5. The van der Waals surface area contributed by atoms with E-state index in [0.717, 1.165) is 0 Å². The Hall–Kier alpha value is -1.29. The molecule has 100 valence electrons. The number of allylic oxidation sites excluding steroid dienone is 4. The van der Waals surface area contributed by atoms with Crippen LogP contribution in [0.1, 0.15) is 0 Å². The molecule has 0 spiro atoms. The van der Waals surface area contributed by atoms with Crippen LogP contribution in [0.5, 0.6) is 0 Å². The van der Waals surface area contributed by atoms with Crippen molar-refractivity contribution >= 4 is 16.0 Å². The molecule has 2 rings (SSSR count). The van der Waals surface area contributed by atoms with E-state index in [-0.39, 0.29) is 6.08 Å². The predicted molar refractivity (Wildman–Crippen MR) is 49.5 cm³/mol. The van der Waals surface area contributed by atoms with E-state index < -0.39 is 51.9 Å². The average molecular weight is 289 g/mol. The number of rotatable bonds is 1. The van der Waals surface area contributed by atoms with Gasteiger partial charge in [0.05, 0.1) is 0 Å². The maximum atomic E-state index is 14.1. The summed E-state index contributed by atoms with van der Waals surface area (Å²) < 4.78 is 94.1. The molecule has 1 heterocycles. The molecule has 0 saturated carbocycles. The van der Waals surface area contributed by atoms with Gasteiger partial charge < -0.3 is 0 Å². The van der Waals surface area contributed by atoms with Crippen molar-refractivity contribution in [3.05, 3.63) is 23.6 Å². The summed E-state index contributed by atoms with van der Waals surface area (Å²) in [5.74, 6) is -6.45. The number of nitrogens with zero attached hydrogens (tertiary/aromatic N) is 1. The summed E-state index contributed by atoms with van der Waals surface area (Å²) in [7, 11) is -4.46. The van der Waals surface area contributed by atoms with Crippen LogP contribution in [0.15, 0.2) is 28.0 Å². The van der Waals surface area contributed by atoms with Crippen LogP contribution < -0.4 is 0 Å². The van der Waals surface area contributed by atoms with Crippen LogP contribution in [0, 0.1) is 0 Å². The lowest BCUT2D eigenvalue weighted by Gasteiger charge is -2.26. The van der Waals surface area contributed by atoms with Crippen molar-refractivity contribution in [1.29, 1.82) is 0 Å². The molecule has 2 unspecified atom stereocenters. The Morgan fingerprint density at radius 3 is 2.50 bits per heavy atom. The molecule has 0 amide bonds. The third-order valence-electron chi connectivity index (χ3n) is 2.36. The van der Waals surface area contributed by atoms with Crippen molar-refractivity contribution in [2.75, 3.05) is 6.61 Å². The zero-order valence-corrected chi connectivity index (χ0v) is 9.15. The molecule has 0 aromatic rings. The van der Waals surface area contributed by atoms with E-state index in [2.05, 4.69) is 8.58 Å². The van der Waals surface area contributed by atoms with E-state index in [1.165, 1.54) is 0 Å². The van der Waals surface area contributed by atoms with Gasteiger partial charge in [-0.2, -0.15) is 8.42 Å². The van der Waals surface area contributed by atoms with E-state index in [1.54, 1.807) is 0 Å². The molecule has 2 aliphatic rings. The molecule has 1 aliphatic heterocycles. The second-order valence-electron chi connectivity index (χ2n) is 3.51. The summed E-state index contributed by atoms with van der Waals surface area (Å²) in [5.41, 5.74) is -4.62.